The van der Waals surface area contributed by atoms with Gasteiger partial charge < -0.3 is 19.9 Å². The molecule has 0 radical (unpaired) electrons. The second-order valence-electron chi connectivity index (χ2n) is 9.63. The maximum Gasteiger partial charge on any atom is 0.307 e. The van der Waals surface area contributed by atoms with Crippen LogP contribution in [0.2, 0.25) is 0 Å². The Labute approximate surface area is 207 Å². The minimum Gasteiger partial charge on any atom is -0.494 e. The van der Waals surface area contributed by atoms with E-state index in [1.165, 1.54) is 12.8 Å². The number of rotatable bonds is 9. The summed E-state index contributed by atoms with van der Waals surface area (Å²) in [6.45, 7) is 5.01. The van der Waals surface area contributed by atoms with Gasteiger partial charge in [-0.05, 0) is 68.4 Å². The summed E-state index contributed by atoms with van der Waals surface area (Å²) in [5.74, 6) is -1.08. The molecule has 2 atom stereocenters. The fourth-order valence-electron chi connectivity index (χ4n) is 5.37. The molecule has 35 heavy (non-hydrogen) atoms. The van der Waals surface area contributed by atoms with Crippen molar-refractivity contribution in [1.29, 1.82) is 0 Å². The highest BCUT2D eigenvalue weighted by molar-refractivity contribution is 5.94. The summed E-state index contributed by atoms with van der Waals surface area (Å²) in [4.78, 5) is 29.2. The Morgan fingerprint density at radius 2 is 1.77 bits per heavy atom. The van der Waals surface area contributed by atoms with Gasteiger partial charge in [0.1, 0.15) is 11.6 Å². The second-order valence-corrected chi connectivity index (χ2v) is 9.63. The Morgan fingerprint density at radius 1 is 1.06 bits per heavy atom. The van der Waals surface area contributed by atoms with Gasteiger partial charge in [-0.1, -0.05) is 37.8 Å². The maximum atomic E-state index is 13.0. The van der Waals surface area contributed by atoms with Gasteiger partial charge in [-0.2, -0.15) is 0 Å². The Kier molecular flexibility index (Phi) is 8.39. The smallest absolute Gasteiger partial charge is 0.307 e. The van der Waals surface area contributed by atoms with Crippen LogP contribution < -0.4 is 10.1 Å². The molecule has 2 aliphatic carbocycles. The van der Waals surface area contributed by atoms with Crippen LogP contribution in [-0.4, -0.2) is 34.7 Å². The summed E-state index contributed by atoms with van der Waals surface area (Å²) in [6.07, 6.45) is 9.38. The zero-order valence-corrected chi connectivity index (χ0v) is 20.7. The van der Waals surface area contributed by atoms with E-state index in [9.17, 15) is 14.7 Å². The number of carboxylic acids is 1. The van der Waals surface area contributed by atoms with Gasteiger partial charge in [-0.3, -0.25) is 9.59 Å². The van der Waals surface area contributed by atoms with Crippen LogP contribution in [0.25, 0.3) is 11.1 Å². The lowest BCUT2D eigenvalue weighted by Gasteiger charge is -2.27. The lowest BCUT2D eigenvalue weighted by molar-refractivity contribution is -0.147. The number of hydrogen-bond acceptors (Lipinski definition) is 5. The van der Waals surface area contributed by atoms with Crippen LogP contribution in [0, 0.1) is 18.8 Å². The van der Waals surface area contributed by atoms with Crippen molar-refractivity contribution in [1.82, 2.24) is 4.98 Å². The van der Waals surface area contributed by atoms with Crippen molar-refractivity contribution >= 4 is 17.7 Å². The molecule has 1 aromatic heterocycles. The molecule has 0 saturated heterocycles. The minimum absolute atomic E-state index is 0.253. The lowest BCUT2D eigenvalue weighted by atomic mass is 9.78. The van der Waals surface area contributed by atoms with Gasteiger partial charge in [0.15, 0.2) is 0 Å². The number of benzene rings is 1. The van der Waals surface area contributed by atoms with Crippen molar-refractivity contribution in [3.05, 3.63) is 41.6 Å². The number of carbonyl (C=O) groups excluding carboxylic acids is 1. The van der Waals surface area contributed by atoms with Gasteiger partial charge in [0.05, 0.1) is 31.2 Å². The Bertz CT molecular complexity index is 1050. The number of pyridine rings is 1. The fourth-order valence-corrected chi connectivity index (χ4v) is 5.37. The molecule has 7 heteroatoms. The molecule has 7 nitrogen and oxygen atoms in total. The quantitative estimate of drug-likeness (QED) is 0.475. The Balaban J connectivity index is 1.61. The molecule has 0 bridgehead atoms. The van der Waals surface area contributed by atoms with Crippen LogP contribution in [-0.2, 0) is 20.9 Å². The number of nitrogens with zero attached hydrogens (tertiary/aromatic N) is 1. The SMILES string of the molecule is CCOc1cccc(-c2cnc(NC(=O)C3CCCCC3C(=O)O)cc2COC2CCCC2)c1C. The summed E-state index contributed by atoms with van der Waals surface area (Å²) in [6, 6.07) is 7.85. The molecule has 1 heterocycles. The third-order valence-electron chi connectivity index (χ3n) is 7.31. The van der Waals surface area contributed by atoms with Gasteiger partial charge in [0, 0.05) is 11.8 Å². The Morgan fingerprint density at radius 3 is 2.49 bits per heavy atom. The van der Waals surface area contributed by atoms with E-state index in [2.05, 4.69) is 10.3 Å². The van der Waals surface area contributed by atoms with E-state index in [4.69, 9.17) is 9.47 Å². The number of amides is 1. The average molecular weight is 481 g/mol. The molecule has 1 amide bonds. The normalized spacial score (nSPS) is 20.5. The van der Waals surface area contributed by atoms with E-state index in [1.54, 1.807) is 6.20 Å². The first-order valence-corrected chi connectivity index (χ1v) is 12.8. The van der Waals surface area contributed by atoms with E-state index >= 15 is 0 Å². The Hall–Kier alpha value is -2.93. The molecule has 1 aromatic carbocycles. The predicted molar refractivity (Wildman–Crippen MR) is 134 cm³/mol. The molecular formula is C28H36N2O5. The molecule has 2 unspecified atom stereocenters. The highest BCUT2D eigenvalue weighted by Gasteiger charge is 2.36. The van der Waals surface area contributed by atoms with E-state index in [1.807, 2.05) is 38.1 Å². The van der Waals surface area contributed by atoms with Crippen LogP contribution in [0.3, 0.4) is 0 Å². The fraction of sp³-hybridized carbons (Fsp3) is 0.536. The molecular weight excluding hydrogens is 444 g/mol. The number of aliphatic carboxylic acids is 1. The monoisotopic (exact) mass is 480 g/mol. The molecule has 2 fully saturated rings. The number of ether oxygens (including phenoxy) is 2. The number of carbonyl (C=O) groups is 2. The minimum atomic E-state index is -0.900. The van der Waals surface area contributed by atoms with Crippen LogP contribution in [0.15, 0.2) is 30.5 Å². The summed E-state index contributed by atoms with van der Waals surface area (Å²) in [7, 11) is 0. The summed E-state index contributed by atoms with van der Waals surface area (Å²) < 4.78 is 12.0. The van der Waals surface area contributed by atoms with Crippen molar-refractivity contribution in [2.75, 3.05) is 11.9 Å². The largest absolute Gasteiger partial charge is 0.494 e. The van der Waals surface area contributed by atoms with Gasteiger partial charge in [-0.25, -0.2) is 4.98 Å². The van der Waals surface area contributed by atoms with Crippen LogP contribution in [0.1, 0.15) is 69.4 Å². The van der Waals surface area contributed by atoms with Gasteiger partial charge in [0.2, 0.25) is 5.91 Å². The summed E-state index contributed by atoms with van der Waals surface area (Å²) in [5, 5.41) is 12.5. The number of anilines is 1. The van der Waals surface area contributed by atoms with Crippen LogP contribution in [0.5, 0.6) is 5.75 Å². The molecule has 2 N–H and O–H groups in total. The van der Waals surface area contributed by atoms with Gasteiger partial charge >= 0.3 is 5.97 Å². The molecule has 2 aromatic rings. The van der Waals surface area contributed by atoms with Crippen molar-refractivity contribution in [2.24, 2.45) is 11.8 Å². The van der Waals surface area contributed by atoms with E-state index < -0.39 is 17.8 Å². The molecule has 4 rings (SSSR count). The number of nitrogens with one attached hydrogen (secondary N) is 1. The topological polar surface area (TPSA) is 97.8 Å². The third kappa shape index (κ3) is 6.01. The van der Waals surface area contributed by atoms with Gasteiger partial charge in [-0.15, -0.1) is 0 Å². The third-order valence-corrected chi connectivity index (χ3v) is 7.31. The molecule has 188 valence electrons. The first-order valence-electron chi connectivity index (χ1n) is 12.8. The van der Waals surface area contributed by atoms with E-state index in [0.717, 1.165) is 53.7 Å². The zero-order valence-electron chi connectivity index (χ0n) is 20.7. The van der Waals surface area contributed by atoms with Gasteiger partial charge in [0.25, 0.3) is 0 Å². The molecule has 0 spiro atoms. The average Bonchev–Trinajstić information content (AvgIpc) is 3.38. The summed E-state index contributed by atoms with van der Waals surface area (Å²) >= 11 is 0. The highest BCUT2D eigenvalue weighted by atomic mass is 16.5. The molecule has 0 aliphatic heterocycles. The number of carboxylic acid groups (broad SMARTS) is 1. The number of aromatic nitrogens is 1. The standard InChI is InChI=1S/C28H36N2O5/c1-3-34-25-14-8-13-21(18(25)2)24-16-29-26(15-19(24)17-35-20-9-4-5-10-20)30-27(31)22-11-6-7-12-23(22)28(32)33/h8,13-16,20,22-23H,3-7,9-12,17H2,1-2H3,(H,32,33)(H,29,30,31). The zero-order chi connectivity index (χ0) is 24.8. The first kappa shape index (κ1) is 25.2. The first-order chi connectivity index (χ1) is 17.0. The summed E-state index contributed by atoms with van der Waals surface area (Å²) in [5.41, 5.74) is 3.93. The highest BCUT2D eigenvalue weighted by Crippen LogP contribution is 2.35. The van der Waals surface area contributed by atoms with Crippen molar-refractivity contribution < 1.29 is 24.2 Å². The van der Waals surface area contributed by atoms with Crippen molar-refractivity contribution in [3.63, 3.8) is 0 Å². The second kappa shape index (κ2) is 11.7. The lowest BCUT2D eigenvalue weighted by Crippen LogP contribution is -2.36. The maximum absolute atomic E-state index is 13.0. The van der Waals surface area contributed by atoms with Crippen LogP contribution >= 0.6 is 0 Å². The molecule has 2 saturated carbocycles. The van der Waals surface area contributed by atoms with Crippen molar-refractivity contribution in [3.8, 4) is 16.9 Å². The molecule has 2 aliphatic rings. The van der Waals surface area contributed by atoms with Crippen molar-refractivity contribution in [2.45, 2.75) is 77.9 Å². The van der Waals surface area contributed by atoms with Crippen LogP contribution in [0.4, 0.5) is 5.82 Å². The van der Waals surface area contributed by atoms with E-state index in [0.29, 0.717) is 31.9 Å². The predicted octanol–water partition coefficient (Wildman–Crippen LogP) is 5.74. The number of hydrogen-bond donors (Lipinski definition) is 2. The van der Waals surface area contributed by atoms with E-state index in [-0.39, 0.29) is 12.0 Å².